The molecule has 2 saturated carbocycles. The van der Waals surface area contributed by atoms with Gasteiger partial charge in [0.05, 0.1) is 19.3 Å². The number of rotatable bonds is 8. The predicted octanol–water partition coefficient (Wildman–Crippen LogP) is 2.12. The summed E-state index contributed by atoms with van der Waals surface area (Å²) in [4.78, 5) is 0. The fraction of sp³-hybridized carbons (Fsp3) is 0.647. The van der Waals surface area contributed by atoms with Crippen LogP contribution in [0.1, 0.15) is 32.1 Å². The molecule has 2 aliphatic carbocycles. The number of aliphatic hydroxyl groups is 1. The molecule has 2 aliphatic rings. The molecule has 0 heterocycles. The first kappa shape index (κ1) is 14.8. The summed E-state index contributed by atoms with van der Waals surface area (Å²) in [5.41, 5.74) is -0.105. The lowest BCUT2D eigenvalue weighted by Gasteiger charge is -2.28. The van der Waals surface area contributed by atoms with Gasteiger partial charge in [0.1, 0.15) is 12.4 Å². The van der Waals surface area contributed by atoms with Gasteiger partial charge in [-0.2, -0.15) is 0 Å². The molecule has 0 aliphatic heterocycles. The summed E-state index contributed by atoms with van der Waals surface area (Å²) in [7, 11) is 0. The predicted molar refractivity (Wildman–Crippen MR) is 81.5 cm³/mol. The van der Waals surface area contributed by atoms with E-state index in [0.717, 1.165) is 25.0 Å². The normalized spacial score (nSPS) is 28.7. The Morgan fingerprint density at radius 2 is 1.95 bits per heavy atom. The third kappa shape index (κ3) is 4.19. The lowest BCUT2D eigenvalue weighted by Crippen LogP contribution is -2.48. The maximum atomic E-state index is 9.69. The molecule has 0 saturated heterocycles. The fourth-order valence-electron chi connectivity index (χ4n) is 3.09. The second kappa shape index (κ2) is 6.77. The van der Waals surface area contributed by atoms with Crippen LogP contribution in [0.4, 0.5) is 0 Å². The molecule has 4 nitrogen and oxygen atoms in total. The standard InChI is InChI=1S/C17H25NO3/c19-13-17(18-14-6-7-14)9-8-16(12-17)21-11-10-20-15-4-2-1-3-5-15/h1-5,14,16,18-19H,6-13H2. The number of benzene rings is 1. The van der Waals surface area contributed by atoms with E-state index in [4.69, 9.17) is 9.47 Å². The summed E-state index contributed by atoms with van der Waals surface area (Å²) in [6.07, 6.45) is 5.67. The number of hydrogen-bond acceptors (Lipinski definition) is 4. The van der Waals surface area contributed by atoms with Gasteiger partial charge < -0.3 is 19.9 Å². The highest BCUT2D eigenvalue weighted by Gasteiger charge is 2.42. The van der Waals surface area contributed by atoms with Gasteiger partial charge in [0.2, 0.25) is 0 Å². The maximum Gasteiger partial charge on any atom is 0.119 e. The summed E-state index contributed by atoms with van der Waals surface area (Å²) in [5, 5.41) is 13.3. The van der Waals surface area contributed by atoms with E-state index < -0.39 is 0 Å². The number of aliphatic hydroxyl groups excluding tert-OH is 1. The summed E-state index contributed by atoms with van der Waals surface area (Å²) in [5.74, 6) is 0.882. The Morgan fingerprint density at radius 3 is 2.67 bits per heavy atom. The van der Waals surface area contributed by atoms with Gasteiger partial charge in [-0.05, 0) is 44.2 Å². The van der Waals surface area contributed by atoms with Crippen LogP contribution in [0.15, 0.2) is 30.3 Å². The third-order valence-electron chi connectivity index (χ3n) is 4.40. The van der Waals surface area contributed by atoms with E-state index in [-0.39, 0.29) is 18.2 Å². The molecule has 2 atom stereocenters. The van der Waals surface area contributed by atoms with Crippen molar-refractivity contribution in [2.45, 2.75) is 49.8 Å². The topological polar surface area (TPSA) is 50.7 Å². The minimum Gasteiger partial charge on any atom is -0.491 e. The molecule has 116 valence electrons. The van der Waals surface area contributed by atoms with Crippen molar-refractivity contribution in [3.63, 3.8) is 0 Å². The average molecular weight is 291 g/mol. The Kier molecular flexibility index (Phi) is 4.78. The highest BCUT2D eigenvalue weighted by Crippen LogP contribution is 2.35. The number of ether oxygens (including phenoxy) is 2. The van der Waals surface area contributed by atoms with E-state index in [1.54, 1.807) is 0 Å². The minimum atomic E-state index is -0.105. The van der Waals surface area contributed by atoms with Crippen LogP contribution in [-0.4, -0.2) is 42.6 Å². The monoisotopic (exact) mass is 291 g/mol. The van der Waals surface area contributed by atoms with E-state index in [2.05, 4.69) is 5.32 Å². The van der Waals surface area contributed by atoms with Crippen molar-refractivity contribution in [2.24, 2.45) is 0 Å². The van der Waals surface area contributed by atoms with Crippen molar-refractivity contribution >= 4 is 0 Å². The van der Waals surface area contributed by atoms with E-state index in [1.807, 2.05) is 30.3 Å². The van der Waals surface area contributed by atoms with Crippen molar-refractivity contribution in [3.05, 3.63) is 30.3 Å². The highest BCUT2D eigenvalue weighted by atomic mass is 16.5. The maximum absolute atomic E-state index is 9.69. The molecule has 1 aromatic carbocycles. The minimum absolute atomic E-state index is 0.105. The third-order valence-corrected chi connectivity index (χ3v) is 4.40. The summed E-state index contributed by atoms with van der Waals surface area (Å²) in [6, 6.07) is 10.4. The van der Waals surface area contributed by atoms with Crippen LogP contribution in [0.2, 0.25) is 0 Å². The largest absolute Gasteiger partial charge is 0.491 e. The lowest BCUT2D eigenvalue weighted by atomic mass is 9.98. The molecule has 0 amide bonds. The van der Waals surface area contributed by atoms with Crippen LogP contribution in [0.25, 0.3) is 0 Å². The fourth-order valence-corrected chi connectivity index (χ4v) is 3.09. The van der Waals surface area contributed by atoms with E-state index in [0.29, 0.717) is 19.3 Å². The van der Waals surface area contributed by atoms with Gasteiger partial charge in [-0.3, -0.25) is 0 Å². The highest BCUT2D eigenvalue weighted by molar-refractivity contribution is 5.20. The van der Waals surface area contributed by atoms with Gasteiger partial charge in [0, 0.05) is 11.6 Å². The molecule has 3 rings (SSSR count). The van der Waals surface area contributed by atoms with Crippen molar-refractivity contribution < 1.29 is 14.6 Å². The molecule has 0 aromatic heterocycles. The molecule has 21 heavy (non-hydrogen) atoms. The Hall–Kier alpha value is -1.10. The Labute approximate surface area is 126 Å². The van der Waals surface area contributed by atoms with Gasteiger partial charge in [-0.1, -0.05) is 18.2 Å². The molecule has 2 unspecified atom stereocenters. The quantitative estimate of drug-likeness (QED) is 0.720. The summed E-state index contributed by atoms with van der Waals surface area (Å²) in [6.45, 7) is 1.39. The molecular weight excluding hydrogens is 266 g/mol. The van der Waals surface area contributed by atoms with Crippen LogP contribution in [-0.2, 0) is 4.74 Å². The average Bonchev–Trinajstić information content (AvgIpc) is 3.24. The zero-order valence-electron chi connectivity index (χ0n) is 12.5. The van der Waals surface area contributed by atoms with Crippen LogP contribution in [0.5, 0.6) is 5.75 Å². The smallest absolute Gasteiger partial charge is 0.119 e. The van der Waals surface area contributed by atoms with Crippen LogP contribution >= 0.6 is 0 Å². The molecular formula is C17H25NO3. The summed E-state index contributed by atoms with van der Waals surface area (Å²) < 4.78 is 11.5. The lowest BCUT2D eigenvalue weighted by molar-refractivity contribution is 0.0293. The second-order valence-electron chi connectivity index (χ2n) is 6.25. The van der Waals surface area contributed by atoms with Gasteiger partial charge in [0.15, 0.2) is 0 Å². The van der Waals surface area contributed by atoms with E-state index >= 15 is 0 Å². The molecule has 1 aromatic rings. The Morgan fingerprint density at radius 1 is 1.14 bits per heavy atom. The first-order chi connectivity index (χ1) is 10.3. The molecule has 2 fully saturated rings. The van der Waals surface area contributed by atoms with Crippen molar-refractivity contribution in [2.75, 3.05) is 19.8 Å². The van der Waals surface area contributed by atoms with Crippen molar-refractivity contribution in [3.8, 4) is 5.75 Å². The van der Waals surface area contributed by atoms with Gasteiger partial charge in [0.25, 0.3) is 0 Å². The second-order valence-corrected chi connectivity index (χ2v) is 6.25. The zero-order valence-corrected chi connectivity index (χ0v) is 12.5. The molecule has 4 heteroatoms. The van der Waals surface area contributed by atoms with E-state index in [1.165, 1.54) is 12.8 Å². The van der Waals surface area contributed by atoms with Crippen LogP contribution in [0, 0.1) is 0 Å². The SMILES string of the molecule is OCC1(NC2CC2)CCC(OCCOc2ccccc2)C1. The van der Waals surface area contributed by atoms with Crippen LogP contribution < -0.4 is 10.1 Å². The van der Waals surface area contributed by atoms with Gasteiger partial charge in [-0.25, -0.2) is 0 Å². The van der Waals surface area contributed by atoms with Crippen LogP contribution in [0.3, 0.4) is 0 Å². The Balaban J connectivity index is 1.36. The first-order valence-corrected chi connectivity index (χ1v) is 7.98. The Bertz CT molecular complexity index is 435. The molecule has 0 radical (unpaired) electrons. The number of para-hydroxylation sites is 1. The van der Waals surface area contributed by atoms with Crippen molar-refractivity contribution in [1.82, 2.24) is 5.32 Å². The number of hydrogen-bond donors (Lipinski definition) is 2. The molecule has 0 bridgehead atoms. The molecule has 2 N–H and O–H groups in total. The summed E-state index contributed by atoms with van der Waals surface area (Å²) >= 11 is 0. The van der Waals surface area contributed by atoms with Gasteiger partial charge in [-0.15, -0.1) is 0 Å². The zero-order chi connectivity index (χ0) is 14.5. The van der Waals surface area contributed by atoms with Gasteiger partial charge >= 0.3 is 0 Å². The van der Waals surface area contributed by atoms with E-state index in [9.17, 15) is 5.11 Å². The first-order valence-electron chi connectivity index (χ1n) is 7.98. The van der Waals surface area contributed by atoms with Crippen molar-refractivity contribution in [1.29, 1.82) is 0 Å². The molecule has 0 spiro atoms. The number of nitrogens with one attached hydrogen (secondary N) is 1.